The van der Waals surface area contributed by atoms with Crippen LogP contribution in [-0.4, -0.2) is 62.9 Å². The summed E-state index contributed by atoms with van der Waals surface area (Å²) in [6, 6.07) is 10.7. The van der Waals surface area contributed by atoms with Gasteiger partial charge < -0.3 is 10.1 Å². The van der Waals surface area contributed by atoms with Crippen LogP contribution in [0.1, 0.15) is 59.9 Å². The zero-order valence-electron chi connectivity index (χ0n) is 21.5. The second-order valence-electron chi connectivity index (χ2n) is 9.89. The van der Waals surface area contributed by atoms with Crippen LogP contribution in [-0.2, 0) is 16.6 Å². The predicted octanol–water partition coefficient (Wildman–Crippen LogP) is 3.82. The van der Waals surface area contributed by atoms with Gasteiger partial charge in [0.05, 0.1) is 59.7 Å². The number of anilines is 1. The van der Waals surface area contributed by atoms with Crippen LogP contribution in [0.4, 0.5) is 5.69 Å². The Balaban J connectivity index is 1.24. The number of ether oxygens (including phenoxy) is 1. The number of pyridine rings is 2. The average molecular weight is 500 g/mol. The number of aromatic nitrogens is 4. The Bertz CT molecular complexity index is 1260. The summed E-state index contributed by atoms with van der Waals surface area (Å²) in [6.45, 7) is 7.45. The Morgan fingerprint density at radius 2 is 1.92 bits per heavy atom. The van der Waals surface area contributed by atoms with Crippen LogP contribution in [0, 0.1) is 18.3 Å². The third-order valence-corrected chi connectivity index (χ3v) is 7.79. The van der Waals surface area contributed by atoms with E-state index in [1.165, 1.54) is 0 Å². The van der Waals surface area contributed by atoms with Crippen molar-refractivity contribution < 1.29 is 9.53 Å². The van der Waals surface area contributed by atoms with E-state index in [1.807, 2.05) is 37.4 Å². The Kier molecular flexibility index (Phi) is 7.31. The first kappa shape index (κ1) is 25.1. The highest BCUT2D eigenvalue weighted by atomic mass is 16.5. The number of carbonyl (C=O) groups is 1. The third-order valence-electron chi connectivity index (χ3n) is 7.79. The normalized spacial score (nSPS) is 22.4. The first-order valence-corrected chi connectivity index (χ1v) is 13.0. The van der Waals surface area contributed by atoms with Gasteiger partial charge in [0.2, 0.25) is 0 Å². The lowest BCUT2D eigenvalue weighted by molar-refractivity contribution is 0.00493. The predicted molar refractivity (Wildman–Crippen MR) is 140 cm³/mol. The molecular formula is C28H33N7O2. The summed E-state index contributed by atoms with van der Waals surface area (Å²) in [5, 5.41) is 17.4. The molecule has 1 saturated carbocycles. The van der Waals surface area contributed by atoms with Crippen LogP contribution in [0.2, 0.25) is 0 Å². The fourth-order valence-electron chi connectivity index (χ4n) is 5.39. The molecule has 9 nitrogen and oxygen atoms in total. The minimum Gasteiger partial charge on any atom is -0.379 e. The number of aryl methyl sites for hydroxylation is 1. The van der Waals surface area contributed by atoms with E-state index in [-0.39, 0.29) is 5.91 Å². The Labute approximate surface area is 217 Å². The average Bonchev–Trinajstić information content (AvgIpc) is 3.35. The molecule has 0 spiro atoms. The van der Waals surface area contributed by atoms with Crippen molar-refractivity contribution in [3.05, 3.63) is 65.4 Å². The highest BCUT2D eigenvalue weighted by Crippen LogP contribution is 2.40. The number of amides is 1. The number of hydrogen-bond acceptors (Lipinski definition) is 7. The number of nitriles is 1. The van der Waals surface area contributed by atoms with E-state index in [2.05, 4.69) is 38.3 Å². The molecule has 0 bridgehead atoms. The van der Waals surface area contributed by atoms with Gasteiger partial charge in [-0.15, -0.1) is 0 Å². The van der Waals surface area contributed by atoms with E-state index in [0.29, 0.717) is 28.8 Å². The monoisotopic (exact) mass is 499 g/mol. The molecule has 1 N–H and O–H groups in total. The van der Waals surface area contributed by atoms with E-state index < -0.39 is 5.41 Å². The van der Waals surface area contributed by atoms with Crippen molar-refractivity contribution in [2.45, 2.75) is 57.4 Å². The number of carbonyl (C=O) groups excluding carboxylic acids is 1. The first-order chi connectivity index (χ1) is 18.0. The summed E-state index contributed by atoms with van der Waals surface area (Å²) >= 11 is 0. The number of nitrogens with one attached hydrogen (secondary N) is 1. The molecule has 0 aromatic carbocycles. The SMILES string of the molecule is CCc1ccc(-n2ncc(C(=O)Nc3ccc(C4(C#N)CCC(N5CCOCC5)CC4)nc3)c2C)nc1. The van der Waals surface area contributed by atoms with Crippen LogP contribution < -0.4 is 5.32 Å². The third kappa shape index (κ3) is 5.13. The molecule has 3 aromatic rings. The Hall–Kier alpha value is -3.61. The second kappa shape index (κ2) is 10.8. The lowest BCUT2D eigenvalue weighted by Gasteiger charge is -2.41. The fraction of sp³-hybridized carbons (Fsp3) is 0.464. The summed E-state index contributed by atoms with van der Waals surface area (Å²) in [5.74, 6) is 0.411. The Morgan fingerprint density at radius 3 is 2.54 bits per heavy atom. The summed E-state index contributed by atoms with van der Waals surface area (Å²) in [6.07, 6.45) is 9.47. The van der Waals surface area contributed by atoms with Gasteiger partial charge in [0, 0.05) is 25.3 Å². The van der Waals surface area contributed by atoms with Gasteiger partial charge in [0.25, 0.3) is 5.91 Å². The summed E-state index contributed by atoms with van der Waals surface area (Å²) in [5.41, 5.74) is 3.11. The quantitative estimate of drug-likeness (QED) is 0.549. The summed E-state index contributed by atoms with van der Waals surface area (Å²) < 4.78 is 7.15. The zero-order chi connectivity index (χ0) is 25.8. The van der Waals surface area contributed by atoms with Crippen LogP contribution in [0.15, 0.2) is 42.9 Å². The van der Waals surface area contributed by atoms with Gasteiger partial charge in [-0.25, -0.2) is 9.67 Å². The van der Waals surface area contributed by atoms with E-state index in [4.69, 9.17) is 4.74 Å². The minimum atomic E-state index is -0.580. The smallest absolute Gasteiger partial charge is 0.259 e. The molecule has 1 aliphatic carbocycles. The van der Waals surface area contributed by atoms with Crippen LogP contribution in [0.5, 0.6) is 0 Å². The molecule has 3 aromatic heterocycles. The van der Waals surface area contributed by atoms with Crippen LogP contribution in [0.25, 0.3) is 5.82 Å². The molecule has 5 rings (SSSR count). The molecule has 2 aliphatic rings. The maximum atomic E-state index is 13.0. The van der Waals surface area contributed by atoms with Gasteiger partial charge in [0.1, 0.15) is 0 Å². The lowest BCUT2D eigenvalue weighted by atomic mass is 9.71. The minimum absolute atomic E-state index is 0.260. The van der Waals surface area contributed by atoms with Crippen molar-refractivity contribution in [2.24, 2.45) is 0 Å². The highest BCUT2D eigenvalue weighted by Gasteiger charge is 2.40. The number of nitrogens with zero attached hydrogens (tertiary/aromatic N) is 6. The van der Waals surface area contributed by atoms with E-state index in [9.17, 15) is 10.1 Å². The van der Waals surface area contributed by atoms with Gasteiger partial charge in [0.15, 0.2) is 5.82 Å². The first-order valence-electron chi connectivity index (χ1n) is 13.0. The Morgan fingerprint density at radius 1 is 1.14 bits per heavy atom. The molecule has 0 unspecified atom stereocenters. The van der Waals surface area contributed by atoms with Crippen molar-refractivity contribution in [1.82, 2.24) is 24.6 Å². The van der Waals surface area contributed by atoms with Gasteiger partial charge >= 0.3 is 0 Å². The second-order valence-corrected chi connectivity index (χ2v) is 9.89. The number of morpholine rings is 1. The fourth-order valence-corrected chi connectivity index (χ4v) is 5.39. The maximum Gasteiger partial charge on any atom is 0.259 e. The molecule has 9 heteroatoms. The van der Waals surface area contributed by atoms with Gasteiger partial charge in [-0.3, -0.25) is 14.7 Å². The molecule has 1 saturated heterocycles. The van der Waals surface area contributed by atoms with Crippen molar-refractivity contribution in [3.63, 3.8) is 0 Å². The topological polar surface area (TPSA) is 109 Å². The van der Waals surface area contributed by atoms with Crippen molar-refractivity contribution in [3.8, 4) is 11.9 Å². The molecule has 2 fully saturated rings. The van der Waals surface area contributed by atoms with Crippen molar-refractivity contribution >= 4 is 11.6 Å². The highest BCUT2D eigenvalue weighted by molar-refractivity contribution is 6.04. The molecular weight excluding hydrogens is 466 g/mol. The molecule has 0 radical (unpaired) electrons. The molecule has 4 heterocycles. The lowest BCUT2D eigenvalue weighted by Crippen LogP contribution is -2.47. The molecule has 192 valence electrons. The van der Waals surface area contributed by atoms with Crippen LogP contribution in [0.3, 0.4) is 0 Å². The van der Waals surface area contributed by atoms with Gasteiger partial charge in [-0.1, -0.05) is 13.0 Å². The van der Waals surface area contributed by atoms with Crippen molar-refractivity contribution in [1.29, 1.82) is 5.26 Å². The number of hydrogen-bond donors (Lipinski definition) is 1. The van der Waals surface area contributed by atoms with Gasteiger partial charge in [-0.05, 0) is 62.8 Å². The van der Waals surface area contributed by atoms with Crippen LogP contribution >= 0.6 is 0 Å². The van der Waals surface area contributed by atoms with Crippen molar-refractivity contribution in [2.75, 3.05) is 31.6 Å². The molecule has 1 amide bonds. The van der Waals surface area contributed by atoms with E-state index >= 15 is 0 Å². The van der Waals surface area contributed by atoms with E-state index in [0.717, 1.165) is 69.7 Å². The molecule has 37 heavy (non-hydrogen) atoms. The summed E-state index contributed by atoms with van der Waals surface area (Å²) in [4.78, 5) is 24.6. The molecule has 1 aliphatic heterocycles. The standard InChI is InChI=1S/C28H33N7O2/c1-3-21-4-7-26(31-16-21)35-20(2)24(18-32-35)27(36)33-22-5-6-25(30-17-22)28(19-29)10-8-23(9-11-28)34-12-14-37-15-13-34/h4-7,16-18,23H,3,8-15H2,1-2H3,(H,33,36). The van der Waals surface area contributed by atoms with E-state index in [1.54, 1.807) is 17.1 Å². The summed E-state index contributed by atoms with van der Waals surface area (Å²) in [7, 11) is 0. The maximum absolute atomic E-state index is 13.0. The zero-order valence-corrected chi connectivity index (χ0v) is 21.5. The molecule has 0 atom stereocenters. The number of rotatable bonds is 6. The van der Waals surface area contributed by atoms with Gasteiger partial charge in [-0.2, -0.15) is 10.4 Å². The largest absolute Gasteiger partial charge is 0.379 e.